The zero-order valence-electron chi connectivity index (χ0n) is 13.8. The maximum Gasteiger partial charge on any atom is 0.248 e. The summed E-state index contributed by atoms with van der Waals surface area (Å²) >= 11 is 3.43. The van der Waals surface area contributed by atoms with Crippen molar-refractivity contribution in [3.05, 3.63) is 53.0 Å². The van der Waals surface area contributed by atoms with Crippen LogP contribution in [-0.4, -0.2) is 32.0 Å². The minimum atomic E-state index is -0.305. The number of amides is 2. The highest BCUT2D eigenvalue weighted by atomic mass is 79.9. The lowest BCUT2D eigenvalue weighted by Crippen LogP contribution is -2.20. The van der Waals surface area contributed by atoms with E-state index in [1.54, 1.807) is 24.3 Å². The van der Waals surface area contributed by atoms with E-state index < -0.39 is 0 Å². The van der Waals surface area contributed by atoms with Gasteiger partial charge in [0.05, 0.1) is 0 Å². The van der Waals surface area contributed by atoms with Crippen molar-refractivity contribution in [2.24, 2.45) is 0 Å². The van der Waals surface area contributed by atoms with Crippen LogP contribution < -0.4 is 10.6 Å². The van der Waals surface area contributed by atoms with Crippen LogP contribution in [0, 0.1) is 0 Å². The Balaban J connectivity index is 1.66. The second kappa shape index (κ2) is 7.87. The number of aromatic nitrogens is 4. The zero-order chi connectivity index (χ0) is 18.5. The molecule has 0 fully saturated rings. The van der Waals surface area contributed by atoms with Crippen LogP contribution in [0.3, 0.4) is 0 Å². The molecule has 1 aromatic heterocycles. The molecule has 26 heavy (non-hydrogen) atoms. The average molecular weight is 415 g/mol. The molecule has 2 N–H and O–H groups in total. The molecule has 8 nitrogen and oxygen atoms in total. The Bertz CT molecular complexity index is 956. The summed E-state index contributed by atoms with van der Waals surface area (Å²) in [5, 5.41) is 17.5. The normalized spacial score (nSPS) is 10.4. The molecule has 0 radical (unpaired) electrons. The highest BCUT2D eigenvalue weighted by Crippen LogP contribution is 2.24. The van der Waals surface area contributed by atoms with Gasteiger partial charge in [0.25, 0.3) is 0 Å². The standard InChI is InChI=1S/C17H15BrN6O2/c1-11(25)19-12-5-4-6-13(9-12)20-16(26)10-24-22-17(21-23-24)14-7-2-3-8-15(14)18/h2-9H,10H2,1H3,(H,19,25)(H,20,26). The first-order chi connectivity index (χ1) is 12.5. The molecule has 0 unspecified atom stereocenters. The van der Waals surface area contributed by atoms with Gasteiger partial charge in [0.15, 0.2) is 0 Å². The molecule has 0 aliphatic carbocycles. The molecule has 0 saturated carbocycles. The molecular weight excluding hydrogens is 400 g/mol. The molecule has 1 heterocycles. The van der Waals surface area contributed by atoms with Gasteiger partial charge >= 0.3 is 0 Å². The molecular formula is C17H15BrN6O2. The van der Waals surface area contributed by atoms with E-state index in [9.17, 15) is 9.59 Å². The number of carbonyl (C=O) groups excluding carboxylic acids is 2. The number of carbonyl (C=O) groups is 2. The van der Waals surface area contributed by atoms with Gasteiger partial charge in [-0.2, -0.15) is 4.80 Å². The lowest BCUT2D eigenvalue weighted by atomic mass is 10.2. The van der Waals surface area contributed by atoms with Crippen LogP contribution in [0.1, 0.15) is 6.92 Å². The lowest BCUT2D eigenvalue weighted by Gasteiger charge is -2.07. The molecule has 0 aliphatic heterocycles. The van der Waals surface area contributed by atoms with E-state index in [-0.39, 0.29) is 18.4 Å². The number of hydrogen-bond donors (Lipinski definition) is 2. The van der Waals surface area contributed by atoms with Gasteiger partial charge in [-0.25, -0.2) is 0 Å². The quantitative estimate of drug-likeness (QED) is 0.667. The molecule has 2 amide bonds. The molecule has 0 atom stereocenters. The Hall–Kier alpha value is -3.07. The highest BCUT2D eigenvalue weighted by Gasteiger charge is 2.11. The summed E-state index contributed by atoms with van der Waals surface area (Å²) in [6.45, 7) is 1.34. The minimum absolute atomic E-state index is 0.0815. The van der Waals surface area contributed by atoms with Crippen molar-refractivity contribution < 1.29 is 9.59 Å². The van der Waals surface area contributed by atoms with Crippen LogP contribution >= 0.6 is 15.9 Å². The maximum atomic E-state index is 12.2. The predicted octanol–water partition coefficient (Wildman–Crippen LogP) is 2.70. The predicted molar refractivity (Wildman–Crippen MR) is 100 cm³/mol. The second-order valence-corrected chi connectivity index (χ2v) is 6.29. The zero-order valence-corrected chi connectivity index (χ0v) is 15.4. The number of halogens is 1. The van der Waals surface area contributed by atoms with Crippen molar-refractivity contribution in [2.45, 2.75) is 13.5 Å². The first kappa shape index (κ1) is 17.7. The third-order valence-corrected chi connectivity index (χ3v) is 4.01. The van der Waals surface area contributed by atoms with E-state index in [1.807, 2.05) is 24.3 Å². The van der Waals surface area contributed by atoms with Gasteiger partial charge in [-0.15, -0.1) is 10.2 Å². The van der Waals surface area contributed by atoms with Gasteiger partial charge in [0.1, 0.15) is 6.54 Å². The van der Waals surface area contributed by atoms with Gasteiger partial charge in [0, 0.05) is 28.3 Å². The highest BCUT2D eigenvalue weighted by molar-refractivity contribution is 9.10. The number of hydrogen-bond acceptors (Lipinski definition) is 5. The summed E-state index contributed by atoms with van der Waals surface area (Å²) in [6, 6.07) is 14.4. The summed E-state index contributed by atoms with van der Waals surface area (Å²) in [6.07, 6.45) is 0. The fourth-order valence-electron chi connectivity index (χ4n) is 2.27. The van der Waals surface area contributed by atoms with Gasteiger partial charge < -0.3 is 10.6 Å². The summed E-state index contributed by atoms with van der Waals surface area (Å²) in [4.78, 5) is 24.5. The lowest BCUT2D eigenvalue weighted by molar-refractivity contribution is -0.117. The summed E-state index contributed by atoms with van der Waals surface area (Å²) < 4.78 is 0.846. The topological polar surface area (TPSA) is 102 Å². The third-order valence-electron chi connectivity index (χ3n) is 3.32. The van der Waals surface area contributed by atoms with Crippen molar-refractivity contribution in [3.63, 3.8) is 0 Å². The van der Waals surface area contributed by atoms with Crippen LogP contribution in [0.4, 0.5) is 11.4 Å². The first-order valence-electron chi connectivity index (χ1n) is 7.71. The van der Waals surface area contributed by atoms with Crippen molar-refractivity contribution in [2.75, 3.05) is 10.6 Å². The number of nitrogens with one attached hydrogen (secondary N) is 2. The Kier molecular flexibility index (Phi) is 5.37. The number of tetrazole rings is 1. The van der Waals surface area contributed by atoms with Gasteiger partial charge in [-0.1, -0.05) is 34.1 Å². The second-order valence-electron chi connectivity index (χ2n) is 5.43. The molecule has 3 aromatic rings. The van der Waals surface area contributed by atoms with E-state index in [1.165, 1.54) is 11.7 Å². The smallest absolute Gasteiger partial charge is 0.248 e. The van der Waals surface area contributed by atoms with Crippen molar-refractivity contribution in [1.29, 1.82) is 0 Å². The molecule has 0 saturated heterocycles. The van der Waals surface area contributed by atoms with E-state index in [2.05, 4.69) is 42.0 Å². The van der Waals surface area contributed by atoms with Crippen LogP contribution in [0.15, 0.2) is 53.0 Å². The van der Waals surface area contributed by atoms with Gasteiger partial charge in [0.2, 0.25) is 17.6 Å². The van der Waals surface area contributed by atoms with E-state index in [0.29, 0.717) is 17.2 Å². The van der Waals surface area contributed by atoms with Crippen molar-refractivity contribution in [1.82, 2.24) is 20.2 Å². The third kappa shape index (κ3) is 4.51. The van der Waals surface area contributed by atoms with E-state index >= 15 is 0 Å². The molecule has 3 rings (SSSR count). The molecule has 2 aromatic carbocycles. The van der Waals surface area contributed by atoms with Crippen LogP contribution in [0.5, 0.6) is 0 Å². The molecule has 132 valence electrons. The monoisotopic (exact) mass is 414 g/mol. The Morgan fingerprint density at radius 2 is 1.81 bits per heavy atom. The maximum absolute atomic E-state index is 12.2. The van der Waals surface area contributed by atoms with Crippen LogP contribution in [-0.2, 0) is 16.1 Å². The fraction of sp³-hybridized carbons (Fsp3) is 0.118. The van der Waals surface area contributed by atoms with E-state index in [4.69, 9.17) is 0 Å². The first-order valence-corrected chi connectivity index (χ1v) is 8.51. The molecule has 9 heteroatoms. The Labute approximate surface area is 157 Å². The van der Waals surface area contributed by atoms with E-state index in [0.717, 1.165) is 10.0 Å². The average Bonchev–Trinajstić information content (AvgIpc) is 3.03. The number of rotatable bonds is 5. The van der Waals surface area contributed by atoms with Crippen molar-refractivity contribution >= 4 is 39.1 Å². The Morgan fingerprint density at radius 3 is 2.54 bits per heavy atom. The molecule has 0 spiro atoms. The summed E-state index contributed by atoms with van der Waals surface area (Å²) in [7, 11) is 0. The fourth-order valence-corrected chi connectivity index (χ4v) is 2.73. The largest absolute Gasteiger partial charge is 0.326 e. The number of anilines is 2. The molecule has 0 aliphatic rings. The minimum Gasteiger partial charge on any atom is -0.326 e. The SMILES string of the molecule is CC(=O)Nc1cccc(NC(=O)Cn2nnc(-c3ccccc3Br)n2)c1. The number of nitrogens with zero attached hydrogens (tertiary/aromatic N) is 4. The summed E-state index contributed by atoms with van der Waals surface area (Å²) in [5.41, 5.74) is 1.96. The van der Waals surface area contributed by atoms with Gasteiger partial charge in [-0.3, -0.25) is 9.59 Å². The Morgan fingerprint density at radius 1 is 1.08 bits per heavy atom. The van der Waals surface area contributed by atoms with Crippen LogP contribution in [0.25, 0.3) is 11.4 Å². The van der Waals surface area contributed by atoms with Crippen molar-refractivity contribution in [3.8, 4) is 11.4 Å². The van der Waals surface area contributed by atoms with Crippen LogP contribution in [0.2, 0.25) is 0 Å². The summed E-state index contributed by atoms with van der Waals surface area (Å²) in [5.74, 6) is -0.0566. The number of benzene rings is 2. The molecule has 0 bridgehead atoms. The van der Waals surface area contributed by atoms with Gasteiger partial charge in [-0.05, 0) is 35.5 Å².